The smallest absolute Gasteiger partial charge is 0.250 e. The number of aryl methyl sites for hydroxylation is 1. The van der Waals surface area contributed by atoms with Gasteiger partial charge in [-0.15, -0.1) is 22.7 Å². The highest BCUT2D eigenvalue weighted by Gasteiger charge is 2.13. The maximum absolute atomic E-state index is 12.0. The fraction of sp³-hybridized carbons (Fsp3) is 0.467. The highest BCUT2D eigenvalue weighted by atomic mass is 32.2. The molecule has 7 nitrogen and oxygen atoms in total. The Morgan fingerprint density at radius 2 is 2.08 bits per heavy atom. The molecule has 0 saturated carbocycles. The summed E-state index contributed by atoms with van der Waals surface area (Å²) in [5.74, 6) is 0.641. The van der Waals surface area contributed by atoms with Crippen LogP contribution in [0.15, 0.2) is 32.9 Å². The van der Waals surface area contributed by atoms with Crippen LogP contribution in [0.1, 0.15) is 16.8 Å². The molecular formula is C15H23N5O2S3. The number of nitrogens with one attached hydrogen (secondary N) is 3. The van der Waals surface area contributed by atoms with Gasteiger partial charge in [0, 0.05) is 44.2 Å². The molecule has 0 atom stereocenters. The SMILES string of the molecule is CCc1cnc(CCNC(=NC)NCCNS(=O)(=O)c2cccs2)s1. The minimum atomic E-state index is -3.41. The zero-order valence-electron chi connectivity index (χ0n) is 14.3. The number of hydrogen-bond acceptors (Lipinski definition) is 6. The third-order valence-electron chi connectivity index (χ3n) is 3.27. The first-order valence-electron chi connectivity index (χ1n) is 7.96. The second-order valence-corrected chi connectivity index (χ2v) is 9.22. The van der Waals surface area contributed by atoms with Crippen LogP contribution in [0.25, 0.3) is 0 Å². The van der Waals surface area contributed by atoms with Crippen LogP contribution in [0.3, 0.4) is 0 Å². The van der Waals surface area contributed by atoms with E-state index in [0.29, 0.717) is 16.7 Å². The van der Waals surface area contributed by atoms with Gasteiger partial charge in [-0.25, -0.2) is 18.1 Å². The number of guanidine groups is 1. The minimum Gasteiger partial charge on any atom is -0.356 e. The van der Waals surface area contributed by atoms with E-state index >= 15 is 0 Å². The number of aromatic nitrogens is 1. The summed E-state index contributed by atoms with van der Waals surface area (Å²) in [5, 5.41) is 9.13. The monoisotopic (exact) mass is 401 g/mol. The lowest BCUT2D eigenvalue weighted by Gasteiger charge is -2.11. The van der Waals surface area contributed by atoms with Gasteiger partial charge in [0.15, 0.2) is 5.96 Å². The van der Waals surface area contributed by atoms with Crippen LogP contribution >= 0.6 is 22.7 Å². The van der Waals surface area contributed by atoms with E-state index < -0.39 is 10.0 Å². The third-order valence-corrected chi connectivity index (χ3v) is 7.33. The molecule has 3 N–H and O–H groups in total. The van der Waals surface area contributed by atoms with Crippen molar-refractivity contribution in [1.82, 2.24) is 20.3 Å². The summed E-state index contributed by atoms with van der Waals surface area (Å²) >= 11 is 2.93. The number of nitrogens with zero attached hydrogens (tertiary/aromatic N) is 2. The van der Waals surface area contributed by atoms with Gasteiger partial charge in [0.25, 0.3) is 0 Å². The van der Waals surface area contributed by atoms with Crippen LogP contribution in [0.4, 0.5) is 0 Å². The lowest BCUT2D eigenvalue weighted by Crippen LogP contribution is -2.42. The second-order valence-electron chi connectivity index (χ2n) is 5.08. The summed E-state index contributed by atoms with van der Waals surface area (Å²) in [7, 11) is -1.73. The van der Waals surface area contributed by atoms with Crippen LogP contribution in [-0.4, -0.2) is 46.0 Å². The van der Waals surface area contributed by atoms with E-state index in [1.165, 1.54) is 16.2 Å². The Morgan fingerprint density at radius 3 is 2.72 bits per heavy atom. The molecule has 2 heterocycles. The van der Waals surface area contributed by atoms with Crippen molar-refractivity contribution in [3.05, 3.63) is 33.6 Å². The summed E-state index contributed by atoms with van der Waals surface area (Å²) in [6, 6.07) is 3.30. The van der Waals surface area contributed by atoms with Gasteiger partial charge in [-0.2, -0.15) is 0 Å². The lowest BCUT2D eigenvalue weighted by atomic mass is 10.4. The first-order valence-corrected chi connectivity index (χ1v) is 11.1. The predicted molar refractivity (Wildman–Crippen MR) is 104 cm³/mol. The minimum absolute atomic E-state index is 0.285. The molecule has 10 heteroatoms. The van der Waals surface area contributed by atoms with E-state index in [1.807, 2.05) is 6.20 Å². The van der Waals surface area contributed by atoms with Crippen molar-refractivity contribution in [3.8, 4) is 0 Å². The largest absolute Gasteiger partial charge is 0.356 e. The van der Waals surface area contributed by atoms with E-state index in [4.69, 9.17) is 0 Å². The van der Waals surface area contributed by atoms with Gasteiger partial charge in [0.1, 0.15) is 4.21 Å². The van der Waals surface area contributed by atoms with Crippen molar-refractivity contribution < 1.29 is 8.42 Å². The van der Waals surface area contributed by atoms with Gasteiger partial charge in [0.05, 0.1) is 5.01 Å². The molecule has 0 aliphatic heterocycles. The highest BCUT2D eigenvalue weighted by Crippen LogP contribution is 2.15. The number of thiazole rings is 1. The Kier molecular flexibility index (Phi) is 7.82. The van der Waals surface area contributed by atoms with Crippen molar-refractivity contribution in [2.75, 3.05) is 26.7 Å². The Balaban J connectivity index is 1.66. The van der Waals surface area contributed by atoms with E-state index in [-0.39, 0.29) is 6.54 Å². The summed E-state index contributed by atoms with van der Waals surface area (Å²) in [6.45, 7) is 3.57. The highest BCUT2D eigenvalue weighted by molar-refractivity contribution is 7.91. The molecule has 25 heavy (non-hydrogen) atoms. The Labute approximate surface area is 156 Å². The molecule has 0 unspecified atom stereocenters. The molecule has 0 aromatic carbocycles. The third kappa shape index (κ3) is 6.38. The number of aliphatic imine (C=N–C) groups is 1. The fourth-order valence-electron chi connectivity index (χ4n) is 1.99. The number of sulfonamides is 1. The van der Waals surface area contributed by atoms with E-state index in [2.05, 4.69) is 32.3 Å². The zero-order chi connectivity index (χ0) is 18.1. The zero-order valence-corrected chi connectivity index (χ0v) is 16.7. The summed E-state index contributed by atoms with van der Waals surface area (Å²) in [4.78, 5) is 9.79. The molecule has 0 saturated heterocycles. The van der Waals surface area contributed by atoms with E-state index in [9.17, 15) is 8.42 Å². The van der Waals surface area contributed by atoms with E-state index in [0.717, 1.165) is 24.4 Å². The Bertz CT molecular complexity index is 769. The molecule has 0 fully saturated rings. The van der Waals surface area contributed by atoms with Crippen molar-refractivity contribution in [1.29, 1.82) is 0 Å². The predicted octanol–water partition coefficient (Wildman–Crippen LogP) is 1.45. The molecule has 2 aromatic rings. The maximum Gasteiger partial charge on any atom is 0.250 e. The van der Waals surface area contributed by atoms with Crippen LogP contribution in [0, 0.1) is 0 Å². The molecule has 2 rings (SSSR count). The van der Waals surface area contributed by atoms with Crippen LogP contribution in [0.2, 0.25) is 0 Å². The number of thiophene rings is 1. The normalized spacial score (nSPS) is 12.3. The molecular weight excluding hydrogens is 378 g/mol. The number of rotatable bonds is 9. The molecule has 0 aliphatic rings. The maximum atomic E-state index is 12.0. The Morgan fingerprint density at radius 1 is 1.28 bits per heavy atom. The van der Waals surface area contributed by atoms with Crippen molar-refractivity contribution in [3.63, 3.8) is 0 Å². The van der Waals surface area contributed by atoms with Gasteiger partial charge in [-0.05, 0) is 17.9 Å². The van der Waals surface area contributed by atoms with E-state index in [1.54, 1.807) is 35.9 Å². The average Bonchev–Trinajstić information content (AvgIpc) is 3.28. The Hall–Kier alpha value is -1.49. The lowest BCUT2D eigenvalue weighted by molar-refractivity contribution is 0.582. The summed E-state index contributed by atoms with van der Waals surface area (Å²) < 4.78 is 26.9. The van der Waals surface area contributed by atoms with Crippen molar-refractivity contribution in [2.24, 2.45) is 4.99 Å². The van der Waals surface area contributed by atoms with Crippen molar-refractivity contribution >= 4 is 38.7 Å². The first kappa shape index (κ1) is 19.8. The molecule has 0 radical (unpaired) electrons. The molecule has 0 bridgehead atoms. The van der Waals surface area contributed by atoms with Crippen LogP contribution in [0.5, 0.6) is 0 Å². The standard InChI is InChI=1S/C15H23N5O2S3/c1-3-12-11-19-13(24-12)6-7-17-15(16-2)18-8-9-20-25(21,22)14-5-4-10-23-14/h4-5,10-11,20H,3,6-9H2,1-2H3,(H2,16,17,18). The molecule has 0 spiro atoms. The number of hydrogen-bond donors (Lipinski definition) is 3. The average molecular weight is 402 g/mol. The molecule has 138 valence electrons. The second kappa shape index (κ2) is 9.85. The van der Waals surface area contributed by atoms with Crippen LogP contribution < -0.4 is 15.4 Å². The first-order chi connectivity index (χ1) is 12.0. The van der Waals surface area contributed by atoms with Gasteiger partial charge < -0.3 is 10.6 Å². The van der Waals surface area contributed by atoms with Gasteiger partial charge in [-0.1, -0.05) is 13.0 Å². The van der Waals surface area contributed by atoms with Gasteiger partial charge >= 0.3 is 0 Å². The fourth-order valence-corrected chi connectivity index (χ4v) is 4.92. The molecule has 2 aromatic heterocycles. The molecule has 0 aliphatic carbocycles. The summed E-state index contributed by atoms with van der Waals surface area (Å²) in [5.41, 5.74) is 0. The van der Waals surface area contributed by atoms with Crippen molar-refractivity contribution in [2.45, 2.75) is 24.0 Å². The topological polar surface area (TPSA) is 95.5 Å². The molecule has 0 amide bonds. The van der Waals surface area contributed by atoms with Crippen LogP contribution in [-0.2, 0) is 22.9 Å². The van der Waals surface area contributed by atoms with Gasteiger partial charge in [-0.3, -0.25) is 4.99 Å². The van der Waals surface area contributed by atoms with Gasteiger partial charge in [0.2, 0.25) is 10.0 Å². The summed E-state index contributed by atoms with van der Waals surface area (Å²) in [6.07, 6.45) is 3.76. The quantitative estimate of drug-likeness (QED) is 0.336.